The van der Waals surface area contributed by atoms with E-state index in [1.165, 1.54) is 0 Å². The van der Waals surface area contributed by atoms with Crippen LogP contribution in [0.2, 0.25) is 0 Å². The molecular weight excluding hydrogens is 324 g/mol. The second kappa shape index (κ2) is 6.37. The number of nitrogens with zero attached hydrogens (tertiary/aromatic N) is 6. The van der Waals surface area contributed by atoms with Gasteiger partial charge in [0.1, 0.15) is 6.61 Å². The quantitative estimate of drug-likeness (QED) is 0.693. The van der Waals surface area contributed by atoms with Gasteiger partial charge in [0.05, 0.1) is 22.8 Å². The fourth-order valence-corrected chi connectivity index (χ4v) is 3.58. The van der Waals surface area contributed by atoms with Crippen molar-refractivity contribution in [2.45, 2.75) is 42.8 Å². The first-order chi connectivity index (χ1) is 11.8. The molecule has 124 valence electrons. The monoisotopic (exact) mass is 342 g/mol. The maximum absolute atomic E-state index is 9.43. The van der Waals surface area contributed by atoms with Crippen molar-refractivity contribution in [3.8, 4) is 5.69 Å². The van der Waals surface area contributed by atoms with E-state index < -0.39 is 0 Å². The number of para-hydroxylation sites is 1. The summed E-state index contributed by atoms with van der Waals surface area (Å²) in [5, 5.41) is 27.2. The van der Waals surface area contributed by atoms with Gasteiger partial charge in [0, 0.05) is 6.04 Å². The van der Waals surface area contributed by atoms with Crippen LogP contribution in [0.15, 0.2) is 41.7 Å². The van der Waals surface area contributed by atoms with Gasteiger partial charge >= 0.3 is 0 Å². The zero-order chi connectivity index (χ0) is 16.5. The lowest BCUT2D eigenvalue weighted by Crippen LogP contribution is -2.03. The molecule has 1 aliphatic carbocycles. The normalized spacial score (nSPS) is 15.6. The van der Waals surface area contributed by atoms with Crippen molar-refractivity contribution in [1.29, 1.82) is 0 Å². The van der Waals surface area contributed by atoms with E-state index in [4.69, 9.17) is 0 Å². The topological polar surface area (TPSA) is 81.7 Å². The van der Waals surface area contributed by atoms with E-state index in [-0.39, 0.29) is 11.9 Å². The van der Waals surface area contributed by atoms with Gasteiger partial charge < -0.3 is 9.67 Å². The molecule has 8 heteroatoms. The molecule has 1 fully saturated rings. The third kappa shape index (κ3) is 2.94. The van der Waals surface area contributed by atoms with Crippen molar-refractivity contribution in [2.75, 3.05) is 0 Å². The number of thioether (sulfide) groups is 1. The molecule has 0 aliphatic heterocycles. The van der Waals surface area contributed by atoms with Crippen molar-refractivity contribution < 1.29 is 5.11 Å². The smallest absolute Gasteiger partial charge is 0.192 e. The summed E-state index contributed by atoms with van der Waals surface area (Å²) < 4.78 is 3.83. The molecule has 4 rings (SSSR count). The molecule has 2 aromatic heterocycles. The lowest BCUT2D eigenvalue weighted by molar-refractivity contribution is 0.263. The number of aromatic nitrogens is 6. The summed E-state index contributed by atoms with van der Waals surface area (Å²) in [7, 11) is 0. The molecule has 0 radical (unpaired) electrons. The average molecular weight is 342 g/mol. The highest BCUT2D eigenvalue weighted by molar-refractivity contribution is 7.99. The van der Waals surface area contributed by atoms with Crippen LogP contribution in [-0.2, 0) is 6.61 Å². The molecule has 1 N–H and O–H groups in total. The lowest BCUT2D eigenvalue weighted by atomic mass is 10.3. The van der Waals surface area contributed by atoms with Crippen LogP contribution in [0.4, 0.5) is 0 Å². The number of aliphatic hydroxyl groups is 1. The highest BCUT2D eigenvalue weighted by Gasteiger charge is 2.30. The van der Waals surface area contributed by atoms with Crippen LogP contribution in [0.25, 0.3) is 5.69 Å². The Labute approximate surface area is 143 Å². The van der Waals surface area contributed by atoms with Gasteiger partial charge in [-0.15, -0.1) is 15.3 Å². The first-order valence-corrected chi connectivity index (χ1v) is 8.83. The predicted molar refractivity (Wildman–Crippen MR) is 89.8 cm³/mol. The van der Waals surface area contributed by atoms with E-state index in [2.05, 4.69) is 32.0 Å². The molecule has 0 spiro atoms. The predicted octanol–water partition coefficient (Wildman–Crippen LogP) is 2.54. The fourth-order valence-electron chi connectivity index (χ4n) is 2.58. The molecule has 2 heterocycles. The van der Waals surface area contributed by atoms with Crippen LogP contribution in [0, 0.1) is 0 Å². The molecule has 1 saturated carbocycles. The maximum atomic E-state index is 9.43. The van der Waals surface area contributed by atoms with Crippen molar-refractivity contribution in [2.24, 2.45) is 0 Å². The van der Waals surface area contributed by atoms with Crippen LogP contribution in [0.3, 0.4) is 0 Å². The maximum Gasteiger partial charge on any atom is 0.192 e. The van der Waals surface area contributed by atoms with E-state index in [0.717, 1.165) is 29.4 Å². The minimum atomic E-state index is -0.0807. The SMILES string of the molecule is CC(Sc1nnc(CO)n1C1CC1)c1cn(-c2ccccc2)nn1. The van der Waals surface area contributed by atoms with Crippen LogP contribution in [-0.4, -0.2) is 34.9 Å². The van der Waals surface area contributed by atoms with Gasteiger partial charge in [-0.25, -0.2) is 4.68 Å². The Hall–Kier alpha value is -2.19. The zero-order valence-corrected chi connectivity index (χ0v) is 14.1. The molecule has 3 aromatic rings. The van der Waals surface area contributed by atoms with E-state index >= 15 is 0 Å². The minimum Gasteiger partial charge on any atom is -0.388 e. The van der Waals surface area contributed by atoms with E-state index in [0.29, 0.717) is 11.9 Å². The highest BCUT2D eigenvalue weighted by atomic mass is 32.2. The van der Waals surface area contributed by atoms with Gasteiger partial charge in [-0.2, -0.15) is 0 Å². The Morgan fingerprint density at radius 3 is 2.71 bits per heavy atom. The second-order valence-electron chi connectivity index (χ2n) is 5.84. The molecule has 24 heavy (non-hydrogen) atoms. The largest absolute Gasteiger partial charge is 0.388 e. The average Bonchev–Trinajstić information content (AvgIpc) is 3.18. The zero-order valence-electron chi connectivity index (χ0n) is 13.3. The number of hydrogen-bond acceptors (Lipinski definition) is 6. The molecule has 1 atom stereocenters. The first kappa shape index (κ1) is 15.3. The Kier molecular flexibility index (Phi) is 4.07. The molecule has 7 nitrogen and oxygen atoms in total. The van der Waals surface area contributed by atoms with E-state index in [9.17, 15) is 5.11 Å². The second-order valence-corrected chi connectivity index (χ2v) is 7.15. The van der Waals surface area contributed by atoms with Crippen LogP contribution >= 0.6 is 11.8 Å². The summed E-state index contributed by atoms with van der Waals surface area (Å²) in [5.74, 6) is 0.639. The van der Waals surface area contributed by atoms with Crippen molar-refractivity contribution in [3.05, 3.63) is 48.0 Å². The van der Waals surface area contributed by atoms with Gasteiger partial charge in [-0.05, 0) is 31.9 Å². The summed E-state index contributed by atoms with van der Waals surface area (Å²) in [5.41, 5.74) is 1.87. The highest BCUT2D eigenvalue weighted by Crippen LogP contribution is 2.41. The Morgan fingerprint density at radius 2 is 2.00 bits per heavy atom. The summed E-state index contributed by atoms with van der Waals surface area (Å²) in [6.45, 7) is 2.00. The van der Waals surface area contributed by atoms with E-state index in [1.807, 2.05) is 36.5 Å². The van der Waals surface area contributed by atoms with Crippen LogP contribution in [0.5, 0.6) is 0 Å². The Morgan fingerprint density at radius 1 is 1.21 bits per heavy atom. The lowest BCUT2D eigenvalue weighted by Gasteiger charge is -2.10. The summed E-state index contributed by atoms with van der Waals surface area (Å²) >= 11 is 1.60. The standard InChI is InChI=1S/C16H18N6OS/c1-11(14-9-21(20-17-14)12-5-3-2-4-6-12)24-16-19-18-15(10-23)22(16)13-7-8-13/h2-6,9,11,13,23H,7-8,10H2,1H3. The van der Waals surface area contributed by atoms with Crippen molar-refractivity contribution >= 4 is 11.8 Å². The van der Waals surface area contributed by atoms with Crippen LogP contribution in [0.1, 0.15) is 42.6 Å². The summed E-state index contributed by atoms with van der Waals surface area (Å²) in [4.78, 5) is 0. The molecular formula is C16H18N6OS. The third-order valence-corrected chi connectivity index (χ3v) is 5.10. The van der Waals surface area contributed by atoms with Gasteiger partial charge in [0.2, 0.25) is 0 Å². The fraction of sp³-hybridized carbons (Fsp3) is 0.375. The van der Waals surface area contributed by atoms with Gasteiger partial charge in [0.25, 0.3) is 0 Å². The number of aliphatic hydroxyl groups excluding tert-OH is 1. The third-order valence-electron chi connectivity index (χ3n) is 4.02. The van der Waals surface area contributed by atoms with Gasteiger partial charge in [0.15, 0.2) is 11.0 Å². The minimum absolute atomic E-state index is 0.0807. The van der Waals surface area contributed by atoms with Crippen LogP contribution < -0.4 is 0 Å². The summed E-state index contributed by atoms with van der Waals surface area (Å²) in [6.07, 6.45) is 4.19. The number of rotatable bonds is 6. The first-order valence-electron chi connectivity index (χ1n) is 7.95. The van der Waals surface area contributed by atoms with Gasteiger partial charge in [-0.1, -0.05) is 35.2 Å². The van der Waals surface area contributed by atoms with E-state index in [1.54, 1.807) is 16.4 Å². The van der Waals surface area contributed by atoms with Gasteiger partial charge in [-0.3, -0.25) is 0 Å². The Bertz CT molecular complexity index is 826. The molecule has 0 saturated heterocycles. The molecule has 0 bridgehead atoms. The molecule has 1 unspecified atom stereocenters. The summed E-state index contributed by atoms with van der Waals surface area (Å²) in [6, 6.07) is 10.3. The Balaban J connectivity index is 1.54. The molecule has 1 aromatic carbocycles. The number of benzene rings is 1. The van der Waals surface area contributed by atoms with Crippen molar-refractivity contribution in [1.82, 2.24) is 29.8 Å². The number of hydrogen-bond donors (Lipinski definition) is 1. The van der Waals surface area contributed by atoms with Crippen molar-refractivity contribution in [3.63, 3.8) is 0 Å². The molecule has 1 aliphatic rings. The molecule has 0 amide bonds.